The minimum atomic E-state index is -3.02. The van der Waals surface area contributed by atoms with Crippen molar-refractivity contribution >= 4 is 11.7 Å². The Labute approximate surface area is 120 Å². The van der Waals surface area contributed by atoms with Crippen LogP contribution in [0.5, 0.6) is 5.75 Å². The molecule has 1 amide bonds. The predicted octanol–water partition coefficient (Wildman–Crippen LogP) is 1.93. The number of nitrogens with two attached hydrogens (primary N) is 1. The highest BCUT2D eigenvalue weighted by atomic mass is 19.3. The van der Waals surface area contributed by atoms with E-state index in [9.17, 15) is 13.6 Å². The first-order valence-corrected chi connectivity index (χ1v) is 6.29. The average molecular weight is 301 g/mol. The van der Waals surface area contributed by atoms with E-state index in [1.807, 2.05) is 0 Å². The minimum absolute atomic E-state index is 0.00393. The molecule has 0 aromatic heterocycles. The average Bonchev–Trinajstić information content (AvgIpc) is 2.46. The Bertz CT molecular complexity index is 509. The molecule has 1 unspecified atom stereocenters. The quantitative estimate of drug-likeness (QED) is 0.310. The lowest BCUT2D eigenvalue weighted by atomic mass is 10.1. The molecule has 4 N–H and O–H groups in total. The molecule has 1 atom stereocenters. The van der Waals surface area contributed by atoms with Crippen molar-refractivity contribution in [3.05, 3.63) is 29.8 Å². The molecule has 0 spiro atoms. The fourth-order valence-corrected chi connectivity index (χ4v) is 1.71. The molecule has 116 valence electrons. The number of amides is 1. The summed E-state index contributed by atoms with van der Waals surface area (Å²) in [7, 11) is 0. The van der Waals surface area contributed by atoms with E-state index in [-0.39, 0.29) is 29.6 Å². The summed E-state index contributed by atoms with van der Waals surface area (Å²) in [5.41, 5.74) is 5.38. The van der Waals surface area contributed by atoms with Crippen molar-refractivity contribution in [1.82, 2.24) is 5.32 Å². The Kier molecular flexibility index (Phi) is 6.38. The first-order chi connectivity index (χ1) is 9.97. The lowest BCUT2D eigenvalue weighted by molar-refractivity contribution is -0.0501. The van der Waals surface area contributed by atoms with Gasteiger partial charge in [0.15, 0.2) is 0 Å². The van der Waals surface area contributed by atoms with Crippen LogP contribution >= 0.6 is 0 Å². The van der Waals surface area contributed by atoms with Crippen LogP contribution in [0.15, 0.2) is 29.4 Å². The van der Waals surface area contributed by atoms with E-state index in [2.05, 4.69) is 15.2 Å². The number of nitrogens with one attached hydrogen (secondary N) is 1. The number of rotatable bonds is 7. The molecule has 21 heavy (non-hydrogen) atoms. The largest absolute Gasteiger partial charge is 0.434 e. The number of oxime groups is 1. The molecule has 0 radical (unpaired) electrons. The van der Waals surface area contributed by atoms with Gasteiger partial charge in [-0.25, -0.2) is 0 Å². The molecule has 0 aliphatic heterocycles. The van der Waals surface area contributed by atoms with Crippen LogP contribution in [0.4, 0.5) is 8.78 Å². The van der Waals surface area contributed by atoms with Gasteiger partial charge in [-0.3, -0.25) is 4.79 Å². The number of halogens is 2. The van der Waals surface area contributed by atoms with Gasteiger partial charge in [-0.2, -0.15) is 8.78 Å². The molecule has 0 fully saturated rings. The van der Waals surface area contributed by atoms with Crippen LogP contribution in [-0.2, 0) is 0 Å². The second-order valence-corrected chi connectivity index (χ2v) is 4.25. The number of benzene rings is 1. The number of amidine groups is 1. The van der Waals surface area contributed by atoms with E-state index in [0.717, 1.165) is 0 Å². The topological polar surface area (TPSA) is 96.9 Å². The number of carbonyl (C=O) groups is 1. The van der Waals surface area contributed by atoms with Crippen molar-refractivity contribution in [3.8, 4) is 5.75 Å². The highest BCUT2D eigenvalue weighted by molar-refractivity contribution is 5.97. The molecule has 6 nitrogen and oxygen atoms in total. The van der Waals surface area contributed by atoms with E-state index in [0.29, 0.717) is 6.42 Å². The first-order valence-electron chi connectivity index (χ1n) is 6.29. The highest BCUT2D eigenvalue weighted by Gasteiger charge is 2.18. The second-order valence-electron chi connectivity index (χ2n) is 4.25. The predicted molar refractivity (Wildman–Crippen MR) is 72.6 cm³/mol. The van der Waals surface area contributed by atoms with E-state index in [1.165, 1.54) is 24.3 Å². The highest BCUT2D eigenvalue weighted by Crippen LogP contribution is 2.20. The van der Waals surface area contributed by atoms with Crippen molar-refractivity contribution in [3.63, 3.8) is 0 Å². The van der Waals surface area contributed by atoms with Crippen molar-refractivity contribution in [1.29, 1.82) is 0 Å². The van der Waals surface area contributed by atoms with Crippen LogP contribution in [0.25, 0.3) is 0 Å². The first kappa shape index (κ1) is 16.7. The molecule has 1 aromatic carbocycles. The number of hydrogen-bond donors (Lipinski definition) is 3. The van der Waals surface area contributed by atoms with Gasteiger partial charge in [-0.05, 0) is 18.6 Å². The van der Waals surface area contributed by atoms with Gasteiger partial charge >= 0.3 is 6.61 Å². The normalized spacial score (nSPS) is 13.0. The minimum Gasteiger partial charge on any atom is -0.434 e. The molecule has 0 aliphatic rings. The number of alkyl halides is 2. The molecule has 0 aliphatic carbocycles. The maximum atomic E-state index is 12.3. The summed E-state index contributed by atoms with van der Waals surface area (Å²) in [6.07, 6.45) is 0.677. The number of hydrogen-bond acceptors (Lipinski definition) is 4. The number of carbonyl (C=O) groups excluding carboxylic acids is 1. The zero-order valence-corrected chi connectivity index (χ0v) is 11.4. The van der Waals surface area contributed by atoms with Crippen LogP contribution in [0.2, 0.25) is 0 Å². The summed E-state index contributed by atoms with van der Waals surface area (Å²) >= 11 is 0. The summed E-state index contributed by atoms with van der Waals surface area (Å²) in [6.45, 7) is -1.21. The monoisotopic (exact) mass is 301 g/mol. The smallest absolute Gasteiger partial charge is 0.387 e. The third kappa shape index (κ3) is 5.25. The second kappa shape index (κ2) is 8.03. The SMILES string of the molecule is CCC(CC(N)=NO)NC(=O)c1ccccc1OC(F)F. The number of nitrogens with zero attached hydrogens (tertiary/aromatic N) is 1. The third-order valence-electron chi connectivity index (χ3n) is 2.76. The Morgan fingerprint density at radius 2 is 2.14 bits per heavy atom. The van der Waals surface area contributed by atoms with Gasteiger partial charge in [0.25, 0.3) is 5.91 Å². The summed E-state index contributed by atoms with van der Waals surface area (Å²) in [5, 5.41) is 14.0. The Morgan fingerprint density at radius 3 is 2.71 bits per heavy atom. The van der Waals surface area contributed by atoms with Crippen LogP contribution in [0.1, 0.15) is 30.1 Å². The molecular weight excluding hydrogens is 284 g/mol. The van der Waals surface area contributed by atoms with Crippen LogP contribution in [-0.4, -0.2) is 29.6 Å². The van der Waals surface area contributed by atoms with Crippen molar-refractivity contribution in [2.75, 3.05) is 0 Å². The van der Waals surface area contributed by atoms with Crippen LogP contribution < -0.4 is 15.8 Å². The summed E-state index contributed by atoms with van der Waals surface area (Å²) in [5.74, 6) is -0.799. The van der Waals surface area contributed by atoms with Gasteiger partial charge in [-0.15, -0.1) is 0 Å². The van der Waals surface area contributed by atoms with Crippen LogP contribution in [0.3, 0.4) is 0 Å². The Balaban J connectivity index is 2.83. The fraction of sp³-hybridized carbons (Fsp3) is 0.385. The van der Waals surface area contributed by atoms with Gasteiger partial charge in [0.1, 0.15) is 11.6 Å². The van der Waals surface area contributed by atoms with E-state index in [1.54, 1.807) is 6.92 Å². The van der Waals surface area contributed by atoms with E-state index < -0.39 is 12.5 Å². The van der Waals surface area contributed by atoms with Crippen molar-refractivity contribution in [2.45, 2.75) is 32.4 Å². The zero-order valence-electron chi connectivity index (χ0n) is 11.4. The molecule has 0 bridgehead atoms. The fourth-order valence-electron chi connectivity index (χ4n) is 1.71. The Hall–Kier alpha value is -2.38. The third-order valence-corrected chi connectivity index (χ3v) is 2.76. The van der Waals surface area contributed by atoms with Gasteiger partial charge < -0.3 is 21.0 Å². The molecule has 0 saturated heterocycles. The zero-order chi connectivity index (χ0) is 15.8. The summed E-state index contributed by atoms with van der Waals surface area (Å²) < 4.78 is 28.9. The lowest BCUT2D eigenvalue weighted by Crippen LogP contribution is -2.37. The summed E-state index contributed by atoms with van der Waals surface area (Å²) in [6, 6.07) is 5.31. The standard InChI is InChI=1S/C13H17F2N3O3/c1-2-8(7-11(16)18-20)17-12(19)9-5-3-4-6-10(9)21-13(14)15/h3-6,8,13,20H,2,7H2,1H3,(H2,16,18)(H,17,19). The van der Waals surface area contributed by atoms with Crippen molar-refractivity contribution < 1.29 is 23.5 Å². The van der Waals surface area contributed by atoms with Gasteiger partial charge in [0, 0.05) is 12.5 Å². The maximum Gasteiger partial charge on any atom is 0.387 e. The number of para-hydroxylation sites is 1. The lowest BCUT2D eigenvalue weighted by Gasteiger charge is -2.17. The van der Waals surface area contributed by atoms with Gasteiger partial charge in [-0.1, -0.05) is 24.2 Å². The molecule has 1 rings (SSSR count). The Morgan fingerprint density at radius 1 is 1.48 bits per heavy atom. The van der Waals surface area contributed by atoms with E-state index in [4.69, 9.17) is 10.9 Å². The van der Waals surface area contributed by atoms with E-state index >= 15 is 0 Å². The molecular formula is C13H17F2N3O3. The summed E-state index contributed by atoms with van der Waals surface area (Å²) in [4.78, 5) is 12.1. The molecule has 0 heterocycles. The molecule has 0 saturated carbocycles. The van der Waals surface area contributed by atoms with Gasteiger partial charge in [0.05, 0.1) is 5.56 Å². The van der Waals surface area contributed by atoms with Crippen LogP contribution in [0, 0.1) is 0 Å². The maximum absolute atomic E-state index is 12.3. The van der Waals surface area contributed by atoms with Crippen molar-refractivity contribution in [2.24, 2.45) is 10.9 Å². The van der Waals surface area contributed by atoms with Gasteiger partial charge in [0.2, 0.25) is 0 Å². The molecule has 8 heteroatoms. The number of ether oxygens (including phenoxy) is 1. The molecule has 1 aromatic rings.